The number of piperidine rings is 1. The van der Waals surface area contributed by atoms with Crippen LogP contribution in [0.2, 0.25) is 0 Å². The second-order valence-corrected chi connectivity index (χ2v) is 5.16. The Bertz CT molecular complexity index is 600. The number of hydrogen-bond donors (Lipinski definition) is 2. The number of nitrogens with zero attached hydrogens (tertiary/aromatic N) is 1. The lowest BCUT2D eigenvalue weighted by atomic mass is 10.0. The first kappa shape index (κ1) is 12.1. The number of rotatable bonds is 1. The van der Waals surface area contributed by atoms with Crippen LogP contribution in [0.25, 0.3) is 0 Å². The molecular weight excluding hydrogens is 262 g/mol. The van der Waals surface area contributed by atoms with Gasteiger partial charge in [-0.1, -0.05) is 24.4 Å². The molecule has 19 heavy (non-hydrogen) atoms. The van der Waals surface area contributed by atoms with E-state index >= 15 is 0 Å². The maximum atomic E-state index is 11.9. The predicted molar refractivity (Wildman–Crippen MR) is 74.3 cm³/mol. The van der Waals surface area contributed by atoms with E-state index in [1.807, 2.05) is 23.1 Å². The third kappa shape index (κ3) is 1.88. The molecule has 0 aromatic heterocycles. The Balaban J connectivity index is 1.90. The van der Waals surface area contributed by atoms with Crippen LogP contribution >= 0.6 is 12.2 Å². The molecular formula is C13H13N3O2S. The minimum Gasteiger partial charge on any atom is -0.398 e. The molecule has 1 fully saturated rings. The Hall–Kier alpha value is -1.95. The van der Waals surface area contributed by atoms with Gasteiger partial charge in [0.25, 0.3) is 0 Å². The molecule has 2 heterocycles. The van der Waals surface area contributed by atoms with E-state index in [0.29, 0.717) is 30.1 Å². The minimum absolute atomic E-state index is 0.219. The van der Waals surface area contributed by atoms with Crippen molar-refractivity contribution >= 4 is 34.7 Å². The van der Waals surface area contributed by atoms with E-state index in [1.54, 1.807) is 0 Å². The fourth-order valence-electron chi connectivity index (χ4n) is 2.61. The first-order chi connectivity index (χ1) is 9.08. The van der Waals surface area contributed by atoms with Crippen LogP contribution in [0.1, 0.15) is 24.0 Å². The van der Waals surface area contributed by atoms with E-state index in [2.05, 4.69) is 5.32 Å². The van der Waals surface area contributed by atoms with Crippen LogP contribution in [-0.2, 0) is 16.1 Å². The number of anilines is 1. The first-order valence-corrected chi connectivity index (χ1v) is 6.51. The van der Waals surface area contributed by atoms with E-state index in [4.69, 9.17) is 18.0 Å². The smallest absolute Gasteiger partial charge is 0.249 e. The van der Waals surface area contributed by atoms with Crippen molar-refractivity contribution in [3.05, 3.63) is 29.3 Å². The van der Waals surface area contributed by atoms with Gasteiger partial charge in [-0.3, -0.25) is 14.9 Å². The molecule has 0 radical (unpaired) electrons. The van der Waals surface area contributed by atoms with E-state index in [9.17, 15) is 9.59 Å². The van der Waals surface area contributed by atoms with E-state index in [0.717, 1.165) is 11.1 Å². The molecule has 98 valence electrons. The van der Waals surface area contributed by atoms with Gasteiger partial charge < -0.3 is 10.6 Å². The van der Waals surface area contributed by atoms with Gasteiger partial charge in [0, 0.05) is 29.8 Å². The number of nitrogen functional groups attached to an aromatic ring is 1. The zero-order chi connectivity index (χ0) is 13.6. The van der Waals surface area contributed by atoms with Crippen molar-refractivity contribution in [3.63, 3.8) is 0 Å². The molecule has 1 aromatic carbocycles. The summed E-state index contributed by atoms with van der Waals surface area (Å²) in [6.07, 6.45) is 0.847. The van der Waals surface area contributed by atoms with Crippen molar-refractivity contribution in [1.29, 1.82) is 0 Å². The third-order valence-electron chi connectivity index (χ3n) is 3.62. The van der Waals surface area contributed by atoms with Gasteiger partial charge in [0.05, 0.1) is 0 Å². The number of nitrogens with one attached hydrogen (secondary N) is 1. The summed E-state index contributed by atoms with van der Waals surface area (Å²) in [5, 5.41) is 2.36. The number of fused-ring (bicyclic) bond motifs is 1. The molecule has 0 spiro atoms. The number of carbonyl (C=O) groups is 2. The van der Waals surface area contributed by atoms with Crippen molar-refractivity contribution in [2.45, 2.75) is 25.4 Å². The van der Waals surface area contributed by atoms with Gasteiger partial charge in [-0.05, 0) is 12.5 Å². The second-order valence-electron chi connectivity index (χ2n) is 4.77. The number of thiocarbonyl (C=S) groups is 1. The van der Waals surface area contributed by atoms with Crippen LogP contribution in [-0.4, -0.2) is 27.7 Å². The third-order valence-corrected chi connectivity index (χ3v) is 4.07. The first-order valence-electron chi connectivity index (χ1n) is 6.10. The molecule has 5 nitrogen and oxygen atoms in total. The number of amides is 2. The second kappa shape index (κ2) is 4.31. The summed E-state index contributed by atoms with van der Waals surface area (Å²) in [5.41, 5.74) is 8.52. The largest absolute Gasteiger partial charge is 0.398 e. The van der Waals surface area contributed by atoms with Crippen LogP contribution in [0, 0.1) is 0 Å². The Labute approximate surface area is 115 Å². The molecule has 0 saturated carbocycles. The molecule has 1 atom stereocenters. The topological polar surface area (TPSA) is 75.4 Å². The van der Waals surface area contributed by atoms with Crippen LogP contribution < -0.4 is 11.1 Å². The van der Waals surface area contributed by atoms with Crippen LogP contribution in [0.5, 0.6) is 0 Å². The molecule has 1 saturated heterocycles. The molecule has 2 aliphatic heterocycles. The highest BCUT2D eigenvalue weighted by Gasteiger charge is 2.37. The molecule has 6 heteroatoms. The summed E-state index contributed by atoms with van der Waals surface area (Å²) < 4.78 is 0. The highest BCUT2D eigenvalue weighted by Crippen LogP contribution is 2.31. The summed E-state index contributed by atoms with van der Waals surface area (Å²) in [6.45, 7) is 0.535. The SMILES string of the molecule is Nc1cccc2c1CN(C1CCC(=O)NC1=O)C2=S. The fraction of sp³-hybridized carbons (Fsp3) is 0.308. The number of nitrogens with two attached hydrogens (primary N) is 1. The number of imide groups is 1. The van der Waals surface area contributed by atoms with Gasteiger partial charge in [0.15, 0.2) is 0 Å². The molecule has 0 bridgehead atoms. The maximum Gasteiger partial charge on any atom is 0.249 e. The molecule has 0 aliphatic carbocycles. The summed E-state index contributed by atoms with van der Waals surface area (Å²) in [4.78, 5) is 25.6. The van der Waals surface area contributed by atoms with Crippen molar-refractivity contribution in [1.82, 2.24) is 10.2 Å². The Morgan fingerprint density at radius 3 is 2.84 bits per heavy atom. The molecule has 3 N–H and O–H groups in total. The molecule has 3 rings (SSSR count). The van der Waals surface area contributed by atoms with Crippen molar-refractivity contribution < 1.29 is 9.59 Å². The summed E-state index contributed by atoms with van der Waals surface area (Å²) >= 11 is 5.42. The van der Waals surface area contributed by atoms with Crippen molar-refractivity contribution in [2.24, 2.45) is 0 Å². The van der Waals surface area contributed by atoms with Gasteiger partial charge in [-0.15, -0.1) is 0 Å². The number of carbonyl (C=O) groups excluding carboxylic acids is 2. The summed E-state index contributed by atoms with van der Waals surface area (Å²) in [6, 6.07) is 5.22. The van der Waals surface area contributed by atoms with Crippen molar-refractivity contribution in [2.75, 3.05) is 5.73 Å². The lowest BCUT2D eigenvalue weighted by molar-refractivity contribution is -0.136. The van der Waals surface area contributed by atoms with Gasteiger partial charge >= 0.3 is 0 Å². The highest BCUT2D eigenvalue weighted by atomic mass is 32.1. The van der Waals surface area contributed by atoms with Gasteiger partial charge in [0.2, 0.25) is 11.8 Å². The zero-order valence-electron chi connectivity index (χ0n) is 10.2. The average molecular weight is 275 g/mol. The fourth-order valence-corrected chi connectivity index (χ4v) is 2.99. The van der Waals surface area contributed by atoms with Crippen molar-refractivity contribution in [3.8, 4) is 0 Å². The summed E-state index contributed by atoms with van der Waals surface area (Å²) in [7, 11) is 0. The number of hydrogen-bond acceptors (Lipinski definition) is 4. The Kier molecular flexibility index (Phi) is 2.74. The van der Waals surface area contributed by atoms with E-state index in [1.165, 1.54) is 0 Å². The van der Waals surface area contributed by atoms with E-state index < -0.39 is 0 Å². The lowest BCUT2D eigenvalue weighted by Crippen LogP contribution is -2.52. The predicted octanol–water partition coefficient (Wildman–Crippen LogP) is 0.565. The van der Waals surface area contributed by atoms with Gasteiger partial charge in [0.1, 0.15) is 11.0 Å². The average Bonchev–Trinajstić information content (AvgIpc) is 2.69. The Morgan fingerprint density at radius 1 is 1.37 bits per heavy atom. The molecule has 2 aliphatic rings. The normalized spacial score (nSPS) is 22.4. The highest BCUT2D eigenvalue weighted by molar-refractivity contribution is 7.80. The molecule has 1 aromatic rings. The minimum atomic E-state index is -0.378. The quantitative estimate of drug-likeness (QED) is 0.445. The zero-order valence-corrected chi connectivity index (χ0v) is 11.0. The lowest BCUT2D eigenvalue weighted by Gasteiger charge is -2.30. The van der Waals surface area contributed by atoms with Crippen LogP contribution in [0.4, 0.5) is 5.69 Å². The Morgan fingerprint density at radius 2 is 2.16 bits per heavy atom. The summed E-state index contributed by atoms with van der Waals surface area (Å²) in [5.74, 6) is -0.492. The van der Waals surface area contributed by atoms with Crippen LogP contribution in [0.3, 0.4) is 0 Å². The molecule has 1 unspecified atom stereocenters. The van der Waals surface area contributed by atoms with Crippen LogP contribution in [0.15, 0.2) is 18.2 Å². The number of benzene rings is 1. The maximum absolute atomic E-state index is 11.9. The van der Waals surface area contributed by atoms with Gasteiger partial charge in [-0.25, -0.2) is 0 Å². The van der Waals surface area contributed by atoms with E-state index in [-0.39, 0.29) is 17.9 Å². The molecule has 2 amide bonds. The standard InChI is InChI=1S/C13H13N3O2S/c14-9-3-1-2-7-8(9)6-16(13(7)19)10-4-5-11(17)15-12(10)18/h1-3,10H,4-6,14H2,(H,15,17,18). The monoisotopic (exact) mass is 275 g/mol. The van der Waals surface area contributed by atoms with Gasteiger partial charge in [-0.2, -0.15) is 0 Å².